The van der Waals surface area contributed by atoms with E-state index in [0.29, 0.717) is 11.5 Å². The number of hydrogen-bond donors (Lipinski definition) is 1. The highest BCUT2D eigenvalue weighted by atomic mass is 19.1. The van der Waals surface area contributed by atoms with Crippen LogP contribution in [0.15, 0.2) is 18.2 Å². The molecule has 0 radical (unpaired) electrons. The Balaban J connectivity index is 1.83. The highest BCUT2D eigenvalue weighted by Crippen LogP contribution is 2.30. The van der Waals surface area contributed by atoms with E-state index in [0.717, 1.165) is 19.4 Å². The summed E-state index contributed by atoms with van der Waals surface area (Å²) in [5.41, 5.74) is 0.545. The first-order chi connectivity index (χ1) is 8.74. The van der Waals surface area contributed by atoms with Gasteiger partial charge in [-0.1, -0.05) is 12.1 Å². The second kappa shape index (κ2) is 5.94. The summed E-state index contributed by atoms with van der Waals surface area (Å²) in [4.78, 5) is 0. The van der Waals surface area contributed by atoms with Gasteiger partial charge in [-0.3, -0.25) is 0 Å². The van der Waals surface area contributed by atoms with Gasteiger partial charge in [0.2, 0.25) is 0 Å². The van der Waals surface area contributed by atoms with Gasteiger partial charge in [0.1, 0.15) is 11.9 Å². The molecule has 1 N–H and O–H groups in total. The summed E-state index contributed by atoms with van der Waals surface area (Å²) >= 11 is 0. The molecule has 1 aromatic rings. The predicted molar refractivity (Wildman–Crippen MR) is 66.3 cm³/mol. The van der Waals surface area contributed by atoms with E-state index in [4.69, 9.17) is 10.00 Å². The Labute approximate surface area is 107 Å². The maximum atomic E-state index is 13.7. The van der Waals surface area contributed by atoms with Crippen molar-refractivity contribution in [1.82, 2.24) is 5.32 Å². The lowest BCUT2D eigenvalue weighted by molar-refractivity contribution is -0.0399. The number of halogens is 1. The van der Waals surface area contributed by atoms with Crippen molar-refractivity contribution in [3.63, 3.8) is 0 Å². The van der Waals surface area contributed by atoms with E-state index < -0.39 is 5.82 Å². The molecule has 1 saturated carbocycles. The van der Waals surface area contributed by atoms with Gasteiger partial charge in [0.25, 0.3) is 0 Å². The first-order valence-electron chi connectivity index (χ1n) is 6.18. The van der Waals surface area contributed by atoms with Crippen LogP contribution >= 0.6 is 0 Å². The van der Waals surface area contributed by atoms with Gasteiger partial charge >= 0.3 is 0 Å². The lowest BCUT2D eigenvalue weighted by atomic mass is 9.82. The zero-order valence-corrected chi connectivity index (χ0v) is 10.4. The second-order valence-electron chi connectivity index (χ2n) is 4.72. The van der Waals surface area contributed by atoms with E-state index in [1.54, 1.807) is 12.1 Å². The third-order valence-electron chi connectivity index (χ3n) is 3.36. The maximum Gasteiger partial charge on any atom is 0.146 e. The summed E-state index contributed by atoms with van der Waals surface area (Å²) in [7, 11) is 1.94. The largest absolute Gasteiger partial charge is 0.373 e. The van der Waals surface area contributed by atoms with Crippen LogP contribution in [0.1, 0.15) is 24.0 Å². The van der Waals surface area contributed by atoms with Crippen molar-refractivity contribution in [2.75, 3.05) is 13.6 Å². The topological polar surface area (TPSA) is 45.0 Å². The molecule has 1 aliphatic carbocycles. The SMILES string of the molecule is CNCC1CC(OCc2cccc(C#N)c2F)C1. The molecule has 0 saturated heterocycles. The minimum absolute atomic E-state index is 0.0813. The van der Waals surface area contributed by atoms with Gasteiger partial charge in [-0.15, -0.1) is 0 Å². The summed E-state index contributed by atoms with van der Waals surface area (Å²) in [5.74, 6) is 0.224. The van der Waals surface area contributed by atoms with Crippen molar-refractivity contribution in [3.05, 3.63) is 35.1 Å². The van der Waals surface area contributed by atoms with Crippen LogP contribution in [0.5, 0.6) is 0 Å². The van der Waals surface area contributed by atoms with Crippen molar-refractivity contribution >= 4 is 0 Å². The Kier molecular flexibility index (Phi) is 4.29. The molecule has 4 heteroatoms. The first kappa shape index (κ1) is 13.0. The molecule has 0 unspecified atom stereocenters. The van der Waals surface area contributed by atoms with Gasteiger partial charge in [0.15, 0.2) is 0 Å². The van der Waals surface area contributed by atoms with Crippen LogP contribution in [-0.2, 0) is 11.3 Å². The molecule has 0 aromatic heterocycles. The van der Waals surface area contributed by atoms with E-state index >= 15 is 0 Å². The molecular formula is C14H17FN2O. The predicted octanol–water partition coefficient (Wildman–Crippen LogP) is 2.21. The normalized spacial score (nSPS) is 22.3. The number of nitriles is 1. The van der Waals surface area contributed by atoms with Crippen LogP contribution < -0.4 is 5.32 Å². The van der Waals surface area contributed by atoms with Crippen LogP contribution in [0.4, 0.5) is 4.39 Å². The molecule has 96 valence electrons. The summed E-state index contributed by atoms with van der Waals surface area (Å²) < 4.78 is 19.4. The van der Waals surface area contributed by atoms with Crippen LogP contribution in [0.3, 0.4) is 0 Å². The average Bonchev–Trinajstić information content (AvgIpc) is 2.33. The monoisotopic (exact) mass is 248 g/mol. The van der Waals surface area contributed by atoms with Crippen molar-refractivity contribution < 1.29 is 9.13 Å². The van der Waals surface area contributed by atoms with E-state index in [9.17, 15) is 4.39 Å². The number of nitrogens with zero attached hydrogens (tertiary/aromatic N) is 1. The fourth-order valence-corrected chi connectivity index (χ4v) is 2.25. The molecule has 0 atom stereocenters. The minimum atomic E-state index is -0.453. The Bertz CT molecular complexity index is 450. The summed E-state index contributed by atoms with van der Waals surface area (Å²) in [6, 6.07) is 6.67. The molecule has 3 nitrogen and oxygen atoms in total. The molecule has 18 heavy (non-hydrogen) atoms. The Hall–Kier alpha value is -1.44. The molecule has 1 fully saturated rings. The average molecular weight is 248 g/mol. The van der Waals surface area contributed by atoms with Crippen molar-refractivity contribution in [3.8, 4) is 6.07 Å². The van der Waals surface area contributed by atoms with Gasteiger partial charge in [-0.2, -0.15) is 5.26 Å². The lowest BCUT2D eigenvalue weighted by Crippen LogP contribution is -2.36. The summed E-state index contributed by atoms with van der Waals surface area (Å²) in [6.45, 7) is 1.26. The zero-order chi connectivity index (χ0) is 13.0. The van der Waals surface area contributed by atoms with E-state index in [1.807, 2.05) is 13.1 Å². The molecular weight excluding hydrogens is 231 g/mol. The highest BCUT2D eigenvalue weighted by molar-refractivity contribution is 5.34. The van der Waals surface area contributed by atoms with Gasteiger partial charge in [-0.05, 0) is 38.4 Å². The van der Waals surface area contributed by atoms with Gasteiger partial charge < -0.3 is 10.1 Å². The van der Waals surface area contributed by atoms with Gasteiger partial charge in [0, 0.05) is 5.56 Å². The van der Waals surface area contributed by atoms with Gasteiger partial charge in [0.05, 0.1) is 18.3 Å². The minimum Gasteiger partial charge on any atom is -0.373 e. The molecule has 0 heterocycles. The first-order valence-corrected chi connectivity index (χ1v) is 6.18. The third kappa shape index (κ3) is 2.87. The summed E-state index contributed by atoms with van der Waals surface area (Å²) in [5, 5.41) is 11.9. The Morgan fingerprint density at radius 2 is 2.28 bits per heavy atom. The quantitative estimate of drug-likeness (QED) is 0.869. The Morgan fingerprint density at radius 3 is 2.94 bits per heavy atom. The second-order valence-corrected chi connectivity index (χ2v) is 4.72. The maximum absolute atomic E-state index is 13.7. The van der Waals surface area contributed by atoms with E-state index in [2.05, 4.69) is 5.32 Å². The molecule has 0 spiro atoms. The molecule has 0 amide bonds. The number of rotatable bonds is 5. The summed E-state index contributed by atoms with van der Waals surface area (Å²) in [6.07, 6.45) is 2.29. The molecule has 0 bridgehead atoms. The lowest BCUT2D eigenvalue weighted by Gasteiger charge is -2.35. The van der Waals surface area contributed by atoms with E-state index in [-0.39, 0.29) is 18.3 Å². The number of benzene rings is 1. The molecule has 1 aliphatic rings. The van der Waals surface area contributed by atoms with Crippen molar-refractivity contribution in [1.29, 1.82) is 5.26 Å². The van der Waals surface area contributed by atoms with Gasteiger partial charge in [-0.25, -0.2) is 4.39 Å². The van der Waals surface area contributed by atoms with Crippen molar-refractivity contribution in [2.45, 2.75) is 25.6 Å². The van der Waals surface area contributed by atoms with Crippen LogP contribution in [-0.4, -0.2) is 19.7 Å². The molecule has 2 rings (SSSR count). The highest BCUT2D eigenvalue weighted by Gasteiger charge is 2.29. The fourth-order valence-electron chi connectivity index (χ4n) is 2.25. The van der Waals surface area contributed by atoms with E-state index in [1.165, 1.54) is 6.07 Å². The van der Waals surface area contributed by atoms with Crippen LogP contribution in [0.25, 0.3) is 0 Å². The number of nitrogens with one attached hydrogen (secondary N) is 1. The molecule has 0 aliphatic heterocycles. The zero-order valence-electron chi connectivity index (χ0n) is 10.4. The standard InChI is InChI=1S/C14H17FN2O/c1-17-8-10-5-13(6-10)18-9-12-4-2-3-11(7-16)14(12)15/h2-4,10,13,17H,5-6,8-9H2,1H3. The van der Waals surface area contributed by atoms with Crippen LogP contribution in [0.2, 0.25) is 0 Å². The fraction of sp³-hybridized carbons (Fsp3) is 0.500. The van der Waals surface area contributed by atoms with Crippen molar-refractivity contribution in [2.24, 2.45) is 5.92 Å². The molecule has 1 aromatic carbocycles. The van der Waals surface area contributed by atoms with Crippen LogP contribution in [0, 0.1) is 23.1 Å². The Morgan fingerprint density at radius 1 is 1.50 bits per heavy atom. The number of ether oxygens (including phenoxy) is 1. The smallest absolute Gasteiger partial charge is 0.146 e. The number of hydrogen-bond acceptors (Lipinski definition) is 3. The third-order valence-corrected chi connectivity index (χ3v) is 3.36.